The maximum atomic E-state index is 14.3. The SMILES string of the molecule is CC(C)c1ccc(NC(=C2CCC2)N2CCCC2)c(F)c1. The second-order valence-corrected chi connectivity index (χ2v) is 6.52. The van der Waals surface area contributed by atoms with Crippen LogP contribution in [0.3, 0.4) is 0 Å². The van der Waals surface area contributed by atoms with Crippen molar-refractivity contribution in [2.45, 2.75) is 51.9 Å². The molecule has 3 rings (SSSR count). The molecule has 1 heterocycles. The Hall–Kier alpha value is -1.51. The minimum absolute atomic E-state index is 0.141. The molecule has 1 aliphatic heterocycles. The largest absolute Gasteiger partial charge is 0.358 e. The lowest BCUT2D eigenvalue weighted by atomic mass is 9.92. The lowest BCUT2D eigenvalue weighted by molar-refractivity contribution is 0.411. The number of likely N-dealkylation sites (tertiary alicyclic amines) is 1. The third-order valence-corrected chi connectivity index (χ3v) is 4.63. The van der Waals surface area contributed by atoms with E-state index in [0.29, 0.717) is 11.6 Å². The fourth-order valence-electron chi connectivity index (χ4n) is 3.04. The second-order valence-electron chi connectivity index (χ2n) is 6.52. The van der Waals surface area contributed by atoms with Crippen molar-refractivity contribution in [2.24, 2.45) is 0 Å². The summed E-state index contributed by atoms with van der Waals surface area (Å²) in [6.07, 6.45) is 6.07. The maximum absolute atomic E-state index is 14.3. The summed E-state index contributed by atoms with van der Waals surface area (Å²) >= 11 is 0. The predicted molar refractivity (Wildman–Crippen MR) is 85.8 cm³/mol. The van der Waals surface area contributed by atoms with E-state index in [1.165, 1.54) is 30.7 Å². The van der Waals surface area contributed by atoms with Gasteiger partial charge in [0, 0.05) is 13.1 Å². The lowest BCUT2D eigenvalue weighted by Crippen LogP contribution is -2.27. The van der Waals surface area contributed by atoms with E-state index >= 15 is 0 Å². The molecule has 0 atom stereocenters. The monoisotopic (exact) mass is 288 g/mol. The molecule has 1 aromatic carbocycles. The van der Waals surface area contributed by atoms with Gasteiger partial charge < -0.3 is 10.2 Å². The number of nitrogens with one attached hydrogen (secondary N) is 1. The fourth-order valence-corrected chi connectivity index (χ4v) is 3.04. The van der Waals surface area contributed by atoms with Crippen LogP contribution in [0, 0.1) is 5.82 Å². The molecule has 0 amide bonds. The number of rotatable bonds is 4. The van der Waals surface area contributed by atoms with E-state index in [1.807, 2.05) is 12.1 Å². The summed E-state index contributed by atoms with van der Waals surface area (Å²) in [5.74, 6) is 1.39. The van der Waals surface area contributed by atoms with E-state index < -0.39 is 0 Å². The Morgan fingerprint density at radius 1 is 1.14 bits per heavy atom. The molecular weight excluding hydrogens is 263 g/mol. The highest BCUT2D eigenvalue weighted by molar-refractivity contribution is 5.52. The molecule has 2 nitrogen and oxygen atoms in total. The first-order valence-electron chi connectivity index (χ1n) is 8.18. The molecule has 2 fully saturated rings. The molecule has 0 spiro atoms. The van der Waals surface area contributed by atoms with Gasteiger partial charge in [-0.25, -0.2) is 4.39 Å². The molecule has 0 bridgehead atoms. The molecule has 21 heavy (non-hydrogen) atoms. The summed E-state index contributed by atoms with van der Waals surface area (Å²) in [5.41, 5.74) is 3.13. The lowest BCUT2D eigenvalue weighted by Gasteiger charge is -2.30. The Morgan fingerprint density at radius 3 is 2.38 bits per heavy atom. The van der Waals surface area contributed by atoms with Gasteiger partial charge >= 0.3 is 0 Å². The van der Waals surface area contributed by atoms with E-state index in [9.17, 15) is 4.39 Å². The van der Waals surface area contributed by atoms with Crippen molar-refractivity contribution < 1.29 is 4.39 Å². The van der Waals surface area contributed by atoms with Crippen molar-refractivity contribution in [1.82, 2.24) is 4.90 Å². The number of hydrogen-bond acceptors (Lipinski definition) is 2. The molecule has 2 aliphatic rings. The molecule has 1 saturated heterocycles. The number of benzene rings is 1. The van der Waals surface area contributed by atoms with Gasteiger partial charge in [0.15, 0.2) is 0 Å². The Balaban J connectivity index is 1.83. The zero-order valence-corrected chi connectivity index (χ0v) is 13.1. The number of allylic oxidation sites excluding steroid dienone is 1. The van der Waals surface area contributed by atoms with Crippen LogP contribution in [0.4, 0.5) is 10.1 Å². The Labute approximate surface area is 127 Å². The van der Waals surface area contributed by atoms with E-state index in [4.69, 9.17) is 0 Å². The van der Waals surface area contributed by atoms with Gasteiger partial charge in [0.2, 0.25) is 0 Å². The first-order chi connectivity index (χ1) is 10.1. The van der Waals surface area contributed by atoms with Crippen molar-refractivity contribution in [3.8, 4) is 0 Å². The summed E-state index contributed by atoms with van der Waals surface area (Å²) in [4.78, 5) is 2.39. The smallest absolute Gasteiger partial charge is 0.146 e. The summed E-state index contributed by atoms with van der Waals surface area (Å²) in [5, 5.41) is 3.39. The van der Waals surface area contributed by atoms with Gasteiger partial charge in [-0.3, -0.25) is 0 Å². The quantitative estimate of drug-likeness (QED) is 0.851. The second kappa shape index (κ2) is 6.08. The van der Waals surface area contributed by atoms with Crippen LogP contribution >= 0.6 is 0 Å². The van der Waals surface area contributed by atoms with E-state index in [1.54, 1.807) is 6.07 Å². The van der Waals surface area contributed by atoms with Crippen LogP contribution in [0.1, 0.15) is 57.4 Å². The number of nitrogens with zero attached hydrogens (tertiary/aromatic N) is 1. The molecule has 114 valence electrons. The maximum Gasteiger partial charge on any atom is 0.146 e. The average molecular weight is 288 g/mol. The molecule has 1 aliphatic carbocycles. The van der Waals surface area contributed by atoms with Crippen molar-refractivity contribution >= 4 is 5.69 Å². The molecule has 0 unspecified atom stereocenters. The van der Waals surface area contributed by atoms with Gasteiger partial charge in [-0.2, -0.15) is 0 Å². The highest BCUT2D eigenvalue weighted by Crippen LogP contribution is 2.33. The Bertz CT molecular complexity index is 536. The zero-order chi connectivity index (χ0) is 14.8. The third kappa shape index (κ3) is 3.07. The Morgan fingerprint density at radius 2 is 1.86 bits per heavy atom. The highest BCUT2D eigenvalue weighted by Gasteiger charge is 2.23. The summed E-state index contributed by atoms with van der Waals surface area (Å²) in [6, 6.07) is 5.59. The molecular formula is C18H25FN2. The van der Waals surface area contributed by atoms with Gasteiger partial charge in [0.25, 0.3) is 0 Å². The minimum Gasteiger partial charge on any atom is -0.358 e. The zero-order valence-electron chi connectivity index (χ0n) is 13.1. The van der Waals surface area contributed by atoms with Crippen LogP contribution in [0.25, 0.3) is 0 Å². The van der Waals surface area contributed by atoms with E-state index in [-0.39, 0.29) is 5.82 Å². The fraction of sp³-hybridized carbons (Fsp3) is 0.556. The summed E-state index contributed by atoms with van der Waals surface area (Å²) < 4.78 is 14.3. The molecule has 1 saturated carbocycles. The number of hydrogen-bond donors (Lipinski definition) is 1. The van der Waals surface area contributed by atoms with Gasteiger partial charge in [-0.05, 0) is 61.3 Å². The standard InChI is InChI=1S/C18H25FN2/c1-13(2)15-8-9-17(16(19)12-15)20-18(14-6-5-7-14)21-10-3-4-11-21/h8-9,12-13,20H,3-7,10-11H2,1-2H3. The van der Waals surface area contributed by atoms with Crippen LogP contribution in [0.5, 0.6) is 0 Å². The normalized spacial score (nSPS) is 18.1. The van der Waals surface area contributed by atoms with Gasteiger partial charge in [0.05, 0.1) is 5.69 Å². The highest BCUT2D eigenvalue weighted by atomic mass is 19.1. The molecule has 3 heteroatoms. The van der Waals surface area contributed by atoms with Crippen LogP contribution in [0.15, 0.2) is 29.6 Å². The van der Waals surface area contributed by atoms with Crippen molar-refractivity contribution in [3.05, 3.63) is 41.0 Å². The van der Waals surface area contributed by atoms with Crippen molar-refractivity contribution in [1.29, 1.82) is 0 Å². The van der Waals surface area contributed by atoms with Crippen LogP contribution in [-0.4, -0.2) is 18.0 Å². The Kier molecular flexibility index (Phi) is 4.18. The first kappa shape index (κ1) is 14.4. The van der Waals surface area contributed by atoms with Gasteiger partial charge in [-0.15, -0.1) is 0 Å². The van der Waals surface area contributed by atoms with Crippen LogP contribution in [-0.2, 0) is 0 Å². The number of halogens is 1. The number of anilines is 1. The van der Waals surface area contributed by atoms with Crippen molar-refractivity contribution in [2.75, 3.05) is 18.4 Å². The average Bonchev–Trinajstić information content (AvgIpc) is 2.91. The molecule has 0 radical (unpaired) electrons. The van der Waals surface area contributed by atoms with Crippen molar-refractivity contribution in [3.63, 3.8) is 0 Å². The molecule has 1 aromatic rings. The van der Waals surface area contributed by atoms with Gasteiger partial charge in [0.1, 0.15) is 11.6 Å². The topological polar surface area (TPSA) is 15.3 Å². The summed E-state index contributed by atoms with van der Waals surface area (Å²) in [7, 11) is 0. The summed E-state index contributed by atoms with van der Waals surface area (Å²) in [6.45, 7) is 6.37. The molecule has 0 aromatic heterocycles. The third-order valence-electron chi connectivity index (χ3n) is 4.63. The van der Waals surface area contributed by atoms with Gasteiger partial charge in [-0.1, -0.05) is 19.9 Å². The predicted octanol–water partition coefficient (Wildman–Crippen LogP) is 4.85. The molecule has 1 N–H and O–H groups in total. The van der Waals surface area contributed by atoms with E-state index in [0.717, 1.165) is 31.5 Å². The van der Waals surface area contributed by atoms with Crippen LogP contribution < -0.4 is 5.32 Å². The minimum atomic E-state index is -0.141. The van der Waals surface area contributed by atoms with E-state index in [2.05, 4.69) is 24.1 Å². The first-order valence-corrected chi connectivity index (χ1v) is 8.18. The van der Waals surface area contributed by atoms with Crippen LogP contribution in [0.2, 0.25) is 0 Å².